The van der Waals surface area contributed by atoms with Crippen LogP contribution in [0.4, 0.5) is 0 Å². The molecule has 1 saturated heterocycles. The molecule has 1 aromatic rings. The van der Waals surface area contributed by atoms with Crippen molar-refractivity contribution >= 4 is 0 Å². The van der Waals surface area contributed by atoms with Gasteiger partial charge in [0.2, 0.25) is 0 Å². The first-order chi connectivity index (χ1) is 6.72. The number of aliphatic hydroxyl groups excluding tert-OH is 1. The molecule has 0 aliphatic carbocycles. The Labute approximate surface area is 83.5 Å². The number of rotatable bonds is 2. The van der Waals surface area contributed by atoms with Gasteiger partial charge in [-0.1, -0.05) is 5.16 Å². The third-order valence-electron chi connectivity index (χ3n) is 2.95. The summed E-state index contributed by atoms with van der Waals surface area (Å²) in [6.07, 6.45) is 1.03. The highest BCUT2D eigenvalue weighted by Crippen LogP contribution is 2.35. The van der Waals surface area contributed by atoms with Crippen LogP contribution in [0.3, 0.4) is 0 Å². The van der Waals surface area contributed by atoms with Gasteiger partial charge in [-0.3, -0.25) is 4.90 Å². The zero-order chi connectivity index (χ0) is 10.1. The van der Waals surface area contributed by atoms with Crippen LogP contribution in [-0.4, -0.2) is 35.4 Å². The maximum Gasteiger partial charge on any atom is 0.154 e. The van der Waals surface area contributed by atoms with Crippen LogP contribution in [0.1, 0.15) is 23.9 Å². The van der Waals surface area contributed by atoms with Crippen LogP contribution in [0, 0.1) is 12.8 Å². The molecule has 1 aliphatic rings. The van der Waals surface area contributed by atoms with E-state index >= 15 is 0 Å². The van der Waals surface area contributed by atoms with E-state index in [0.29, 0.717) is 0 Å². The minimum absolute atomic E-state index is 0.196. The molecule has 1 N–H and O–H groups in total. The van der Waals surface area contributed by atoms with Gasteiger partial charge in [-0.25, -0.2) is 0 Å². The molecule has 0 saturated carbocycles. The minimum atomic E-state index is 0.196. The van der Waals surface area contributed by atoms with Gasteiger partial charge in [0, 0.05) is 18.6 Å². The van der Waals surface area contributed by atoms with E-state index in [1.54, 1.807) is 0 Å². The average Bonchev–Trinajstić information content (AvgIpc) is 2.71. The fraction of sp³-hybridized carbons (Fsp3) is 0.700. The normalized spacial score (nSPS) is 28.5. The highest BCUT2D eigenvalue weighted by Gasteiger charge is 2.34. The van der Waals surface area contributed by atoms with Crippen LogP contribution in [0.5, 0.6) is 0 Å². The Morgan fingerprint density at radius 1 is 1.71 bits per heavy atom. The molecule has 0 radical (unpaired) electrons. The number of likely N-dealkylation sites (tertiary alicyclic amines) is 1. The van der Waals surface area contributed by atoms with Crippen molar-refractivity contribution in [1.82, 2.24) is 10.1 Å². The van der Waals surface area contributed by atoms with Crippen molar-refractivity contribution in [3.05, 3.63) is 17.5 Å². The number of hydrogen-bond acceptors (Lipinski definition) is 4. The molecular formula is C10H16N2O2. The summed E-state index contributed by atoms with van der Waals surface area (Å²) in [5, 5.41) is 13.1. The summed E-state index contributed by atoms with van der Waals surface area (Å²) in [4.78, 5) is 2.21. The fourth-order valence-corrected chi connectivity index (χ4v) is 2.19. The molecule has 1 aromatic heterocycles. The van der Waals surface area contributed by atoms with Crippen molar-refractivity contribution < 1.29 is 9.63 Å². The third kappa shape index (κ3) is 1.55. The molecule has 0 bridgehead atoms. The number of aromatic nitrogens is 1. The Hall–Kier alpha value is -0.870. The van der Waals surface area contributed by atoms with Crippen LogP contribution >= 0.6 is 0 Å². The fourth-order valence-electron chi connectivity index (χ4n) is 2.19. The average molecular weight is 196 g/mol. The van der Waals surface area contributed by atoms with Gasteiger partial charge in [-0.2, -0.15) is 0 Å². The third-order valence-corrected chi connectivity index (χ3v) is 2.95. The molecule has 2 heterocycles. The molecule has 4 nitrogen and oxygen atoms in total. The summed E-state index contributed by atoms with van der Waals surface area (Å²) in [5.41, 5.74) is 0.900. The lowest BCUT2D eigenvalue weighted by molar-refractivity contribution is 0.159. The van der Waals surface area contributed by atoms with E-state index in [0.717, 1.165) is 24.4 Å². The summed E-state index contributed by atoms with van der Waals surface area (Å²) in [5.74, 6) is 1.16. The van der Waals surface area contributed by atoms with E-state index in [2.05, 4.69) is 17.1 Å². The van der Waals surface area contributed by atoms with Crippen LogP contribution in [0.25, 0.3) is 0 Å². The first-order valence-corrected chi connectivity index (χ1v) is 4.96. The van der Waals surface area contributed by atoms with Crippen LogP contribution in [0.15, 0.2) is 10.6 Å². The Bertz CT molecular complexity index is 311. The highest BCUT2D eigenvalue weighted by atomic mass is 16.5. The predicted octanol–water partition coefficient (Wildman–Crippen LogP) is 0.968. The monoisotopic (exact) mass is 196 g/mol. The number of nitrogens with zero attached hydrogens (tertiary/aromatic N) is 2. The molecular weight excluding hydrogens is 180 g/mol. The topological polar surface area (TPSA) is 49.5 Å². The molecule has 0 aromatic carbocycles. The van der Waals surface area contributed by atoms with Crippen LogP contribution in [-0.2, 0) is 0 Å². The molecule has 1 aliphatic heterocycles. The molecule has 2 atom stereocenters. The molecule has 0 spiro atoms. The Kier molecular flexibility index (Phi) is 2.56. The lowest BCUT2D eigenvalue weighted by Crippen LogP contribution is -2.22. The molecule has 78 valence electrons. The lowest BCUT2D eigenvalue weighted by Gasteiger charge is -2.20. The van der Waals surface area contributed by atoms with Crippen molar-refractivity contribution in [2.45, 2.75) is 19.4 Å². The Morgan fingerprint density at radius 2 is 2.50 bits per heavy atom. The van der Waals surface area contributed by atoms with E-state index in [-0.39, 0.29) is 18.6 Å². The van der Waals surface area contributed by atoms with Gasteiger partial charge in [0.25, 0.3) is 0 Å². The van der Waals surface area contributed by atoms with Crippen molar-refractivity contribution in [3.8, 4) is 0 Å². The van der Waals surface area contributed by atoms with Gasteiger partial charge >= 0.3 is 0 Å². The lowest BCUT2D eigenvalue weighted by atomic mass is 9.99. The van der Waals surface area contributed by atoms with Gasteiger partial charge in [-0.15, -0.1) is 0 Å². The molecule has 0 unspecified atom stereocenters. The van der Waals surface area contributed by atoms with E-state index < -0.39 is 0 Å². The molecule has 4 heteroatoms. The maximum absolute atomic E-state index is 9.23. The first kappa shape index (κ1) is 9.68. The summed E-state index contributed by atoms with van der Waals surface area (Å²) in [7, 11) is 2.05. The van der Waals surface area contributed by atoms with Crippen molar-refractivity contribution in [1.29, 1.82) is 0 Å². The maximum atomic E-state index is 9.23. The summed E-state index contributed by atoms with van der Waals surface area (Å²) < 4.78 is 5.25. The zero-order valence-electron chi connectivity index (χ0n) is 8.60. The molecule has 14 heavy (non-hydrogen) atoms. The summed E-state index contributed by atoms with van der Waals surface area (Å²) in [6, 6.07) is 2.15. The summed E-state index contributed by atoms with van der Waals surface area (Å²) >= 11 is 0. The molecule has 0 amide bonds. The number of hydrogen-bond donors (Lipinski definition) is 1. The van der Waals surface area contributed by atoms with Crippen molar-refractivity contribution in [2.75, 3.05) is 20.2 Å². The van der Waals surface area contributed by atoms with Crippen molar-refractivity contribution in [2.24, 2.45) is 5.92 Å². The van der Waals surface area contributed by atoms with Gasteiger partial charge < -0.3 is 9.63 Å². The quantitative estimate of drug-likeness (QED) is 0.765. The second kappa shape index (κ2) is 3.71. The van der Waals surface area contributed by atoms with Crippen LogP contribution < -0.4 is 0 Å². The summed E-state index contributed by atoms with van der Waals surface area (Å²) in [6.45, 7) is 3.14. The van der Waals surface area contributed by atoms with Gasteiger partial charge in [-0.05, 0) is 26.9 Å². The van der Waals surface area contributed by atoms with E-state index in [9.17, 15) is 5.11 Å². The minimum Gasteiger partial charge on any atom is -0.396 e. The van der Waals surface area contributed by atoms with Gasteiger partial charge in [0.15, 0.2) is 5.76 Å². The van der Waals surface area contributed by atoms with E-state index in [1.807, 2.05) is 13.0 Å². The number of aliphatic hydroxyl groups is 1. The van der Waals surface area contributed by atoms with Crippen molar-refractivity contribution in [3.63, 3.8) is 0 Å². The SMILES string of the molecule is Cc1cc([C@@H]2[C@@H](CO)CCN2C)on1. The number of aryl methyl sites for hydroxylation is 1. The molecule has 1 fully saturated rings. The zero-order valence-corrected chi connectivity index (χ0v) is 8.60. The van der Waals surface area contributed by atoms with E-state index in [1.165, 1.54) is 0 Å². The smallest absolute Gasteiger partial charge is 0.154 e. The largest absolute Gasteiger partial charge is 0.396 e. The standard InChI is InChI=1S/C10H16N2O2/c1-7-5-9(14-11-7)10-8(6-13)3-4-12(10)2/h5,8,10,13H,3-4,6H2,1-2H3/t8-,10+/m1/s1. The first-order valence-electron chi connectivity index (χ1n) is 4.96. The van der Waals surface area contributed by atoms with Gasteiger partial charge in [0.1, 0.15) is 0 Å². The van der Waals surface area contributed by atoms with E-state index in [4.69, 9.17) is 4.52 Å². The molecule has 2 rings (SSSR count). The Morgan fingerprint density at radius 3 is 3.07 bits per heavy atom. The predicted molar refractivity (Wildman–Crippen MR) is 51.8 cm³/mol. The second-order valence-corrected chi connectivity index (χ2v) is 4.03. The second-order valence-electron chi connectivity index (χ2n) is 4.03. The van der Waals surface area contributed by atoms with Gasteiger partial charge in [0.05, 0.1) is 11.7 Å². The Balaban J connectivity index is 2.22. The van der Waals surface area contributed by atoms with Crippen LogP contribution in [0.2, 0.25) is 0 Å². The highest BCUT2D eigenvalue weighted by molar-refractivity contribution is 5.11.